The number of carbonyl (C=O) groups excluding carboxylic acids is 1. The lowest BCUT2D eigenvalue weighted by atomic mass is 9.97. The Hall–Kier alpha value is -2.71. The van der Waals surface area contributed by atoms with Gasteiger partial charge in [0.15, 0.2) is 0 Å². The van der Waals surface area contributed by atoms with Crippen LogP contribution in [0.3, 0.4) is 0 Å². The predicted octanol–water partition coefficient (Wildman–Crippen LogP) is 5.98. The smallest absolute Gasteiger partial charge is 0.338 e. The molecule has 7 nitrogen and oxygen atoms in total. The molecule has 1 saturated carbocycles. The van der Waals surface area contributed by atoms with E-state index in [1.165, 1.54) is 18.2 Å². The summed E-state index contributed by atoms with van der Waals surface area (Å²) < 4.78 is 13.3. The fraction of sp³-hybridized carbons (Fsp3) is 0.375. The number of nitrogens with zero attached hydrogens (tertiary/aromatic N) is 3. The molecule has 2 aromatic heterocycles. The first-order chi connectivity index (χ1) is 16.1. The Morgan fingerprint density at radius 3 is 2.82 bits per heavy atom. The number of benzene rings is 1. The van der Waals surface area contributed by atoms with E-state index in [1.807, 2.05) is 37.3 Å². The second kappa shape index (κ2) is 9.65. The van der Waals surface area contributed by atoms with Crippen LogP contribution in [0.4, 0.5) is 5.95 Å². The maximum Gasteiger partial charge on any atom is 0.338 e. The minimum Gasteiger partial charge on any atom is -0.467 e. The number of thioether (sulfide) groups is 1. The van der Waals surface area contributed by atoms with Gasteiger partial charge in [-0.05, 0) is 56.4 Å². The Labute approximate surface area is 201 Å². The summed E-state index contributed by atoms with van der Waals surface area (Å²) >= 11 is 7.78. The molecule has 0 amide bonds. The summed E-state index contributed by atoms with van der Waals surface area (Å²) in [6.07, 6.45) is 6.76. The molecule has 1 aliphatic carbocycles. The number of fused-ring (bicyclic) bond motifs is 1. The molecule has 1 fully saturated rings. The molecule has 1 N–H and O–H groups in total. The molecule has 0 radical (unpaired) electrons. The number of furan rings is 1. The van der Waals surface area contributed by atoms with Crippen LogP contribution >= 0.6 is 23.4 Å². The molecule has 0 bridgehead atoms. The number of anilines is 1. The summed E-state index contributed by atoms with van der Waals surface area (Å²) in [6.45, 7) is 1.86. The largest absolute Gasteiger partial charge is 0.467 e. The minimum atomic E-state index is -0.547. The molecule has 1 atom stereocenters. The number of ether oxygens (including phenoxy) is 1. The first-order valence-electron chi connectivity index (χ1n) is 11.1. The van der Waals surface area contributed by atoms with Crippen LogP contribution in [0.2, 0.25) is 5.02 Å². The highest BCUT2D eigenvalue weighted by Crippen LogP contribution is 2.38. The molecule has 1 aromatic carbocycles. The second-order valence-electron chi connectivity index (χ2n) is 8.29. The highest BCUT2D eigenvalue weighted by atomic mass is 35.5. The van der Waals surface area contributed by atoms with Gasteiger partial charge in [0.05, 0.1) is 11.8 Å². The van der Waals surface area contributed by atoms with E-state index in [0.717, 1.165) is 31.2 Å². The molecule has 5 rings (SSSR count). The van der Waals surface area contributed by atoms with E-state index in [4.69, 9.17) is 25.9 Å². The number of rotatable bonds is 6. The molecule has 3 heterocycles. The Balaban J connectivity index is 1.42. The van der Waals surface area contributed by atoms with Crippen molar-refractivity contribution in [3.63, 3.8) is 0 Å². The Kier molecular flexibility index (Phi) is 6.46. The van der Waals surface area contributed by atoms with E-state index >= 15 is 0 Å². The van der Waals surface area contributed by atoms with E-state index in [9.17, 15) is 4.79 Å². The van der Waals surface area contributed by atoms with Crippen molar-refractivity contribution in [3.8, 4) is 0 Å². The van der Waals surface area contributed by atoms with E-state index in [0.29, 0.717) is 38.9 Å². The summed E-state index contributed by atoms with van der Waals surface area (Å²) in [5.74, 6) is 1.47. The van der Waals surface area contributed by atoms with Crippen LogP contribution in [0.1, 0.15) is 56.4 Å². The summed E-state index contributed by atoms with van der Waals surface area (Å²) in [7, 11) is 0. The van der Waals surface area contributed by atoms with Gasteiger partial charge >= 0.3 is 5.97 Å². The van der Waals surface area contributed by atoms with E-state index in [1.54, 1.807) is 17.0 Å². The predicted molar refractivity (Wildman–Crippen MR) is 127 cm³/mol. The quantitative estimate of drug-likeness (QED) is 0.340. The Morgan fingerprint density at radius 1 is 1.24 bits per heavy atom. The summed E-state index contributed by atoms with van der Waals surface area (Å²) in [5, 5.41) is 9.25. The average Bonchev–Trinajstić information content (AvgIpc) is 3.48. The third kappa shape index (κ3) is 4.68. The van der Waals surface area contributed by atoms with Gasteiger partial charge in [-0.2, -0.15) is 4.98 Å². The van der Waals surface area contributed by atoms with Crippen LogP contribution in [0.5, 0.6) is 0 Å². The van der Waals surface area contributed by atoms with Crippen molar-refractivity contribution < 1.29 is 13.9 Å². The Morgan fingerprint density at radius 2 is 2.06 bits per heavy atom. The van der Waals surface area contributed by atoms with Crippen molar-refractivity contribution in [1.82, 2.24) is 14.8 Å². The van der Waals surface area contributed by atoms with Gasteiger partial charge in [-0.1, -0.05) is 48.0 Å². The van der Waals surface area contributed by atoms with Gasteiger partial charge in [0.2, 0.25) is 11.1 Å². The normalized spacial score (nSPS) is 18.7. The molecule has 9 heteroatoms. The molecular weight excluding hydrogens is 460 g/mol. The molecule has 172 valence electrons. The number of hydrogen-bond donors (Lipinski definition) is 1. The molecule has 1 unspecified atom stereocenters. The van der Waals surface area contributed by atoms with Gasteiger partial charge in [-0.15, -0.1) is 5.10 Å². The summed E-state index contributed by atoms with van der Waals surface area (Å²) in [6, 6.07) is 10.8. The first-order valence-corrected chi connectivity index (χ1v) is 12.5. The maximum absolute atomic E-state index is 13.3. The maximum atomic E-state index is 13.3. The van der Waals surface area contributed by atoms with Gasteiger partial charge < -0.3 is 14.5 Å². The summed E-state index contributed by atoms with van der Waals surface area (Å²) in [5.41, 5.74) is 2.20. The molecule has 1 aliphatic heterocycles. The van der Waals surface area contributed by atoms with Crippen molar-refractivity contribution >= 4 is 35.3 Å². The number of halogens is 1. The average molecular weight is 485 g/mol. The van der Waals surface area contributed by atoms with Crippen LogP contribution < -0.4 is 5.32 Å². The number of allylic oxidation sites excluding steroid dienone is 1. The van der Waals surface area contributed by atoms with Gasteiger partial charge in [0.1, 0.15) is 17.9 Å². The first kappa shape index (κ1) is 22.1. The molecular formula is C24H25ClN4O3S. The summed E-state index contributed by atoms with van der Waals surface area (Å²) in [4.78, 5) is 18.0. The van der Waals surface area contributed by atoms with Crippen LogP contribution in [-0.2, 0) is 15.3 Å². The topological polar surface area (TPSA) is 82.2 Å². The van der Waals surface area contributed by atoms with Crippen molar-refractivity contribution in [2.45, 2.75) is 62.1 Å². The zero-order valence-corrected chi connectivity index (χ0v) is 19.9. The van der Waals surface area contributed by atoms with Crippen molar-refractivity contribution in [2.75, 3.05) is 5.32 Å². The molecule has 2 aliphatic rings. The lowest BCUT2D eigenvalue weighted by Crippen LogP contribution is -2.31. The standard InChI is InChI=1S/C24H25ClN4O3S/c1-15-20(22(30)32-17-9-3-2-4-10-17)21(19-12-7-13-31-19)29-23(26-15)27-24(28-29)33-14-16-8-5-6-11-18(16)25/h5-8,11-13,17,21H,2-4,9-10,14H2,1H3,(H,26,27,28). The van der Waals surface area contributed by atoms with E-state index < -0.39 is 6.04 Å². The van der Waals surface area contributed by atoms with E-state index in [2.05, 4.69) is 10.3 Å². The van der Waals surface area contributed by atoms with E-state index in [-0.39, 0.29) is 12.1 Å². The van der Waals surface area contributed by atoms with Crippen LogP contribution in [0.15, 0.2) is 63.5 Å². The number of aromatic nitrogens is 3. The fourth-order valence-corrected chi connectivity index (χ4v) is 5.44. The third-order valence-corrected chi connectivity index (χ3v) is 7.26. The molecule has 0 spiro atoms. The number of carbonyl (C=O) groups is 1. The van der Waals surface area contributed by atoms with Crippen LogP contribution in [0.25, 0.3) is 0 Å². The molecule has 0 saturated heterocycles. The highest BCUT2D eigenvalue weighted by Gasteiger charge is 2.37. The fourth-order valence-electron chi connectivity index (χ4n) is 4.32. The molecule has 33 heavy (non-hydrogen) atoms. The van der Waals surface area contributed by atoms with Crippen molar-refractivity contribution in [1.29, 1.82) is 0 Å². The van der Waals surface area contributed by atoms with Crippen LogP contribution in [0, 0.1) is 0 Å². The number of esters is 1. The Bertz CT molecular complexity index is 1170. The lowest BCUT2D eigenvalue weighted by molar-refractivity contribution is -0.146. The van der Waals surface area contributed by atoms with Crippen molar-refractivity contribution in [3.05, 3.63) is 70.3 Å². The van der Waals surface area contributed by atoms with Crippen LogP contribution in [-0.4, -0.2) is 26.8 Å². The van der Waals surface area contributed by atoms with Crippen molar-refractivity contribution in [2.24, 2.45) is 0 Å². The number of nitrogens with one attached hydrogen (secondary N) is 1. The minimum absolute atomic E-state index is 0.0392. The van der Waals surface area contributed by atoms with Gasteiger partial charge in [0, 0.05) is 16.5 Å². The molecule has 3 aromatic rings. The van der Waals surface area contributed by atoms with Gasteiger partial charge in [-0.3, -0.25) is 0 Å². The van der Waals surface area contributed by atoms with Gasteiger partial charge in [-0.25, -0.2) is 9.48 Å². The zero-order valence-electron chi connectivity index (χ0n) is 18.3. The van der Waals surface area contributed by atoms with Gasteiger partial charge in [0.25, 0.3) is 0 Å². The zero-order chi connectivity index (χ0) is 22.8. The number of hydrogen-bond acceptors (Lipinski definition) is 7. The third-order valence-electron chi connectivity index (χ3n) is 6.01. The monoisotopic (exact) mass is 484 g/mol. The SMILES string of the molecule is CC1=C(C(=O)OC2CCCCC2)C(c2ccco2)n2nc(SCc3ccccc3Cl)nc2N1. The highest BCUT2D eigenvalue weighted by molar-refractivity contribution is 7.98. The lowest BCUT2D eigenvalue weighted by Gasteiger charge is -2.28. The second-order valence-corrected chi connectivity index (χ2v) is 9.64.